The number of ether oxygens (including phenoxy) is 1. The molecule has 2 saturated heterocycles. The van der Waals surface area contributed by atoms with Crippen LogP contribution < -0.4 is 5.73 Å². The summed E-state index contributed by atoms with van der Waals surface area (Å²) in [5.74, 6) is -0.562. The standard InChI is InChI=1S/C16H20N2O3S2/c1-15(2)16(22-3,18-12(19)11(17)13(18)23-15)14(20)21-9-10-7-5-4-6-8-10/h4-8,11,13H,9,17H2,1-3H3/t11-,13+,16+/m0/s1. The number of amides is 1. The monoisotopic (exact) mass is 352 g/mol. The van der Waals surface area contributed by atoms with Gasteiger partial charge in [0.15, 0.2) is 0 Å². The number of nitrogens with two attached hydrogens (primary N) is 1. The highest BCUT2D eigenvalue weighted by atomic mass is 32.2. The summed E-state index contributed by atoms with van der Waals surface area (Å²) in [5, 5.41) is -0.158. The van der Waals surface area contributed by atoms with Crippen LogP contribution in [0.4, 0.5) is 0 Å². The van der Waals surface area contributed by atoms with Gasteiger partial charge in [0, 0.05) is 0 Å². The fourth-order valence-electron chi connectivity index (χ4n) is 3.21. The van der Waals surface area contributed by atoms with E-state index in [1.807, 2.05) is 50.4 Å². The number of esters is 1. The maximum absolute atomic E-state index is 12.9. The highest BCUT2D eigenvalue weighted by Gasteiger charge is 2.72. The zero-order valence-corrected chi connectivity index (χ0v) is 14.9. The van der Waals surface area contributed by atoms with E-state index in [1.165, 1.54) is 11.8 Å². The normalized spacial score (nSPS) is 31.5. The van der Waals surface area contributed by atoms with Gasteiger partial charge < -0.3 is 15.4 Å². The first-order valence-electron chi connectivity index (χ1n) is 7.38. The Morgan fingerprint density at radius 1 is 1.39 bits per heavy atom. The Bertz CT molecular complexity index is 637. The molecule has 23 heavy (non-hydrogen) atoms. The minimum absolute atomic E-state index is 0.158. The van der Waals surface area contributed by atoms with Crippen LogP contribution in [0.1, 0.15) is 19.4 Å². The Balaban J connectivity index is 1.84. The fourth-order valence-corrected chi connectivity index (χ4v) is 6.37. The van der Waals surface area contributed by atoms with Crippen molar-refractivity contribution in [2.75, 3.05) is 6.26 Å². The second-order valence-corrected chi connectivity index (χ2v) is 8.90. The summed E-state index contributed by atoms with van der Waals surface area (Å²) in [6.45, 7) is 4.13. The molecule has 0 radical (unpaired) electrons. The molecular formula is C16H20N2O3S2. The maximum atomic E-state index is 12.9. The van der Waals surface area contributed by atoms with Gasteiger partial charge in [-0.15, -0.1) is 23.5 Å². The number of fused-ring (bicyclic) bond motifs is 1. The van der Waals surface area contributed by atoms with Gasteiger partial charge in [-0.3, -0.25) is 4.79 Å². The Hall–Kier alpha value is -1.18. The van der Waals surface area contributed by atoms with Gasteiger partial charge in [0.25, 0.3) is 0 Å². The molecule has 0 bridgehead atoms. The molecule has 0 saturated carbocycles. The van der Waals surface area contributed by atoms with Gasteiger partial charge in [-0.25, -0.2) is 4.79 Å². The van der Waals surface area contributed by atoms with Crippen molar-refractivity contribution >= 4 is 35.4 Å². The number of nitrogens with zero attached hydrogens (tertiary/aromatic N) is 1. The minimum atomic E-state index is -1.04. The van der Waals surface area contributed by atoms with Crippen LogP contribution in [0.5, 0.6) is 0 Å². The van der Waals surface area contributed by atoms with Crippen LogP contribution in [0.15, 0.2) is 30.3 Å². The summed E-state index contributed by atoms with van der Waals surface area (Å²) in [6.07, 6.45) is 1.84. The van der Waals surface area contributed by atoms with Crippen LogP contribution in [0.2, 0.25) is 0 Å². The van der Waals surface area contributed by atoms with Crippen molar-refractivity contribution < 1.29 is 14.3 Å². The van der Waals surface area contributed by atoms with Crippen molar-refractivity contribution in [3.63, 3.8) is 0 Å². The molecule has 2 fully saturated rings. The molecule has 1 amide bonds. The number of hydrogen-bond acceptors (Lipinski definition) is 6. The third kappa shape index (κ3) is 2.28. The molecule has 1 aromatic rings. The molecule has 3 rings (SSSR count). The van der Waals surface area contributed by atoms with E-state index in [2.05, 4.69) is 0 Å². The molecule has 0 aromatic heterocycles. The van der Waals surface area contributed by atoms with Crippen LogP contribution in [-0.4, -0.2) is 44.1 Å². The number of carbonyl (C=O) groups is 2. The summed E-state index contributed by atoms with van der Waals surface area (Å²) in [4.78, 5) is 25.8. The SMILES string of the molecule is CS[C@@]1(C(=O)OCc2ccccc2)N2C(=O)[C@H](N)[C@H]2SC1(C)C. The second kappa shape index (κ2) is 5.72. The van der Waals surface area contributed by atoms with Gasteiger partial charge in [0.1, 0.15) is 18.0 Å². The van der Waals surface area contributed by atoms with Crippen molar-refractivity contribution in [3.05, 3.63) is 35.9 Å². The molecule has 5 nitrogen and oxygen atoms in total. The molecule has 0 unspecified atom stereocenters. The average Bonchev–Trinajstić information content (AvgIpc) is 2.78. The zero-order chi connectivity index (χ0) is 16.8. The number of carbonyl (C=O) groups excluding carboxylic acids is 2. The van der Waals surface area contributed by atoms with Gasteiger partial charge in [0.2, 0.25) is 10.8 Å². The van der Waals surface area contributed by atoms with Crippen molar-refractivity contribution in [3.8, 4) is 0 Å². The average molecular weight is 352 g/mol. The first kappa shape index (κ1) is 16.7. The van der Waals surface area contributed by atoms with Crippen molar-refractivity contribution in [1.82, 2.24) is 4.90 Å². The summed E-state index contributed by atoms with van der Waals surface area (Å²) < 4.78 is 5.09. The lowest BCUT2D eigenvalue weighted by atomic mass is 9.95. The van der Waals surface area contributed by atoms with E-state index < -0.39 is 15.7 Å². The van der Waals surface area contributed by atoms with Crippen LogP contribution in [0, 0.1) is 0 Å². The molecule has 3 atom stereocenters. The number of thioether (sulfide) groups is 2. The lowest BCUT2D eigenvalue weighted by Gasteiger charge is -2.48. The third-order valence-electron chi connectivity index (χ3n) is 4.44. The lowest BCUT2D eigenvalue weighted by molar-refractivity contribution is -0.166. The Morgan fingerprint density at radius 3 is 2.65 bits per heavy atom. The summed E-state index contributed by atoms with van der Waals surface area (Å²) >= 11 is 2.92. The number of β-lactam (4-membered cyclic amide) rings is 1. The van der Waals surface area contributed by atoms with Gasteiger partial charge in [-0.05, 0) is 25.7 Å². The lowest BCUT2D eigenvalue weighted by Crippen LogP contribution is -2.73. The molecule has 2 heterocycles. The van der Waals surface area contributed by atoms with Crippen molar-refractivity contribution in [1.29, 1.82) is 0 Å². The molecule has 0 spiro atoms. The predicted molar refractivity (Wildman–Crippen MR) is 92.8 cm³/mol. The van der Waals surface area contributed by atoms with Crippen molar-refractivity contribution in [2.24, 2.45) is 5.73 Å². The fraction of sp³-hybridized carbons (Fsp3) is 0.500. The molecule has 7 heteroatoms. The molecule has 2 aliphatic heterocycles. The number of benzene rings is 1. The Labute approximate surface area is 144 Å². The largest absolute Gasteiger partial charge is 0.458 e. The summed E-state index contributed by atoms with van der Waals surface area (Å²) in [5.41, 5.74) is 6.82. The van der Waals surface area contributed by atoms with E-state index >= 15 is 0 Å². The molecule has 1 aromatic carbocycles. The number of rotatable bonds is 4. The van der Waals surface area contributed by atoms with E-state index in [-0.39, 0.29) is 23.9 Å². The van der Waals surface area contributed by atoms with Gasteiger partial charge in [-0.2, -0.15) is 0 Å². The molecule has 0 aliphatic carbocycles. The van der Waals surface area contributed by atoms with Crippen LogP contribution in [-0.2, 0) is 20.9 Å². The topological polar surface area (TPSA) is 72.6 Å². The molecule has 2 N–H and O–H groups in total. The van der Waals surface area contributed by atoms with Gasteiger partial charge >= 0.3 is 5.97 Å². The first-order chi connectivity index (χ1) is 10.8. The Kier molecular flexibility index (Phi) is 4.14. The van der Waals surface area contributed by atoms with E-state index in [0.717, 1.165) is 5.56 Å². The zero-order valence-electron chi connectivity index (χ0n) is 13.3. The maximum Gasteiger partial charge on any atom is 0.344 e. The van der Waals surface area contributed by atoms with Crippen LogP contribution >= 0.6 is 23.5 Å². The van der Waals surface area contributed by atoms with Crippen molar-refractivity contribution in [2.45, 2.75) is 41.5 Å². The van der Waals surface area contributed by atoms with Gasteiger partial charge in [0.05, 0.1) is 4.75 Å². The minimum Gasteiger partial charge on any atom is -0.458 e. The molecule has 2 aliphatic rings. The van der Waals surface area contributed by atoms with E-state index in [9.17, 15) is 9.59 Å². The van der Waals surface area contributed by atoms with Crippen LogP contribution in [0.25, 0.3) is 0 Å². The molecule has 124 valence electrons. The second-order valence-electron chi connectivity index (χ2n) is 6.16. The highest BCUT2D eigenvalue weighted by molar-refractivity contribution is 8.06. The van der Waals surface area contributed by atoms with E-state index in [1.54, 1.807) is 16.7 Å². The van der Waals surface area contributed by atoms with Gasteiger partial charge in [-0.1, -0.05) is 30.3 Å². The molecular weight excluding hydrogens is 332 g/mol. The highest BCUT2D eigenvalue weighted by Crippen LogP contribution is 2.60. The van der Waals surface area contributed by atoms with E-state index in [0.29, 0.717) is 0 Å². The third-order valence-corrected chi connectivity index (χ3v) is 7.66. The Morgan fingerprint density at radius 2 is 2.04 bits per heavy atom. The van der Waals surface area contributed by atoms with Crippen LogP contribution in [0.3, 0.4) is 0 Å². The summed E-state index contributed by atoms with van der Waals surface area (Å²) in [6, 6.07) is 8.99. The predicted octanol–water partition coefficient (Wildman–Crippen LogP) is 1.81. The smallest absolute Gasteiger partial charge is 0.344 e. The quantitative estimate of drug-likeness (QED) is 0.658. The first-order valence-corrected chi connectivity index (χ1v) is 9.48. The summed E-state index contributed by atoms with van der Waals surface area (Å²) in [7, 11) is 0. The van der Waals surface area contributed by atoms with E-state index in [4.69, 9.17) is 10.5 Å². The number of hydrogen-bond donors (Lipinski definition) is 1.